The predicted molar refractivity (Wildman–Crippen MR) is 115 cm³/mol. The number of methoxy groups -OCH3 is 1. The summed E-state index contributed by atoms with van der Waals surface area (Å²) in [7, 11) is 1.68. The molecule has 0 bridgehead atoms. The van der Waals surface area contributed by atoms with Crippen LogP contribution in [0.2, 0.25) is 5.02 Å². The number of pyridine rings is 1. The van der Waals surface area contributed by atoms with Gasteiger partial charge in [-0.3, -0.25) is 0 Å². The summed E-state index contributed by atoms with van der Waals surface area (Å²) in [6.45, 7) is 3.73. The largest absolute Gasteiger partial charge is 0.497 e. The first kappa shape index (κ1) is 19.5. The zero-order valence-corrected chi connectivity index (χ0v) is 18.5. The molecule has 4 rings (SSSR count). The van der Waals surface area contributed by atoms with Gasteiger partial charge in [-0.15, -0.1) is 0 Å². The van der Waals surface area contributed by atoms with Gasteiger partial charge in [0.1, 0.15) is 11.6 Å². The van der Waals surface area contributed by atoms with E-state index in [9.17, 15) is 5.26 Å². The smallest absolute Gasteiger partial charge is 0.134 e. The second-order valence-electron chi connectivity index (χ2n) is 8.03. The van der Waals surface area contributed by atoms with E-state index in [0.29, 0.717) is 0 Å². The van der Waals surface area contributed by atoms with Crippen molar-refractivity contribution in [3.63, 3.8) is 0 Å². The number of hydrogen-bond acceptors (Lipinski definition) is 4. The maximum absolute atomic E-state index is 9.85. The van der Waals surface area contributed by atoms with Crippen molar-refractivity contribution in [2.24, 2.45) is 5.41 Å². The van der Waals surface area contributed by atoms with Crippen LogP contribution in [0.15, 0.2) is 34.9 Å². The molecule has 1 aromatic carbocycles. The molecule has 2 aliphatic rings. The van der Waals surface area contributed by atoms with Gasteiger partial charge in [-0.25, -0.2) is 4.98 Å². The molecule has 4 nitrogen and oxygen atoms in total. The number of hydrogen-bond donors (Lipinski definition) is 0. The average molecular weight is 461 g/mol. The van der Waals surface area contributed by atoms with Crippen LogP contribution in [-0.2, 0) is 12.0 Å². The molecule has 0 radical (unpaired) electrons. The summed E-state index contributed by atoms with van der Waals surface area (Å²) < 4.78 is 6.09. The predicted octanol–water partition coefficient (Wildman–Crippen LogP) is 5.87. The van der Waals surface area contributed by atoms with E-state index in [1.807, 2.05) is 12.1 Å². The molecule has 2 aromatic rings. The summed E-state index contributed by atoms with van der Waals surface area (Å²) in [5.74, 6) is 1.80. The summed E-state index contributed by atoms with van der Waals surface area (Å²) in [6, 6.07) is 10.8. The Balaban J connectivity index is 1.72. The van der Waals surface area contributed by atoms with Gasteiger partial charge in [-0.2, -0.15) is 5.26 Å². The molecular weight excluding hydrogens is 438 g/mol. The molecule has 1 fully saturated rings. The Kier molecular flexibility index (Phi) is 5.05. The minimum atomic E-state index is -0.265. The lowest BCUT2D eigenvalue weighted by molar-refractivity contribution is 0.354. The molecule has 146 valence electrons. The van der Waals surface area contributed by atoms with Gasteiger partial charge < -0.3 is 9.64 Å². The summed E-state index contributed by atoms with van der Waals surface area (Å²) in [5, 5.41) is 10.6. The van der Waals surface area contributed by atoms with Crippen LogP contribution >= 0.6 is 27.5 Å². The second kappa shape index (κ2) is 7.24. The molecule has 1 saturated carbocycles. The van der Waals surface area contributed by atoms with Crippen molar-refractivity contribution < 1.29 is 4.74 Å². The Morgan fingerprint density at radius 1 is 1.32 bits per heavy atom. The van der Waals surface area contributed by atoms with Gasteiger partial charge in [0.25, 0.3) is 0 Å². The second-order valence-corrected chi connectivity index (χ2v) is 9.26. The zero-order chi connectivity index (χ0) is 19.9. The summed E-state index contributed by atoms with van der Waals surface area (Å²) >= 11 is 10.3. The fourth-order valence-electron chi connectivity index (χ4n) is 4.90. The highest BCUT2D eigenvalue weighted by atomic mass is 79.9. The molecular formula is C22H23BrClN3O. The Labute approximate surface area is 179 Å². The average Bonchev–Trinajstić information content (AvgIpc) is 3.24. The van der Waals surface area contributed by atoms with Gasteiger partial charge in [0.2, 0.25) is 0 Å². The Bertz CT molecular complexity index is 942. The lowest BCUT2D eigenvalue weighted by Gasteiger charge is -2.28. The SMILES string of the molecule is CC[C@]1(C#N)CC[C@@]2(CN(Cc3ccc(OC)cc3)c3ncc(Br)c(Cl)c32)C1. The lowest BCUT2D eigenvalue weighted by Crippen LogP contribution is -2.32. The van der Waals surface area contributed by atoms with Gasteiger partial charge in [0.05, 0.1) is 28.1 Å². The van der Waals surface area contributed by atoms with E-state index in [1.54, 1.807) is 13.3 Å². The monoisotopic (exact) mass is 459 g/mol. The van der Waals surface area contributed by atoms with Crippen molar-refractivity contribution in [2.45, 2.75) is 44.6 Å². The van der Waals surface area contributed by atoms with Crippen molar-refractivity contribution in [1.29, 1.82) is 5.26 Å². The molecule has 0 saturated heterocycles. The molecule has 1 aromatic heterocycles. The first-order valence-corrected chi connectivity index (χ1v) is 10.8. The lowest BCUT2D eigenvalue weighted by atomic mass is 9.76. The third-order valence-corrected chi connectivity index (χ3v) is 7.70. The highest BCUT2D eigenvalue weighted by molar-refractivity contribution is 9.10. The van der Waals surface area contributed by atoms with E-state index < -0.39 is 0 Å². The number of ether oxygens (including phenoxy) is 1. The summed E-state index contributed by atoms with van der Waals surface area (Å²) in [6.07, 6.45) is 5.39. The molecule has 0 unspecified atom stereocenters. The van der Waals surface area contributed by atoms with Crippen molar-refractivity contribution in [3.05, 3.63) is 51.1 Å². The van der Waals surface area contributed by atoms with E-state index in [2.05, 4.69) is 46.0 Å². The standard InChI is InChI=1S/C22H23BrClN3O/c1-3-21(13-25)8-9-22(12-21)14-27(11-15-4-6-16(28-2)7-5-15)20-18(22)19(24)17(23)10-26-20/h4-7,10H,3,8-9,11-12,14H2,1-2H3/t21-,22-/m0/s1. The van der Waals surface area contributed by atoms with Crippen LogP contribution < -0.4 is 9.64 Å². The molecule has 6 heteroatoms. The highest BCUT2D eigenvalue weighted by Gasteiger charge is 2.54. The van der Waals surface area contributed by atoms with E-state index in [1.165, 1.54) is 5.56 Å². The van der Waals surface area contributed by atoms with Crippen LogP contribution in [0.5, 0.6) is 5.75 Å². The van der Waals surface area contributed by atoms with Gasteiger partial charge in [0, 0.05) is 30.3 Å². The third kappa shape index (κ3) is 3.07. The Morgan fingerprint density at radius 3 is 2.68 bits per heavy atom. The van der Waals surface area contributed by atoms with Crippen LogP contribution in [0.1, 0.15) is 43.7 Å². The molecule has 0 amide bonds. The van der Waals surface area contributed by atoms with Crippen molar-refractivity contribution in [3.8, 4) is 11.8 Å². The van der Waals surface area contributed by atoms with Gasteiger partial charge >= 0.3 is 0 Å². The molecule has 28 heavy (non-hydrogen) atoms. The molecule has 0 N–H and O–H groups in total. The molecule has 1 spiro atoms. The normalized spacial score (nSPS) is 25.8. The topological polar surface area (TPSA) is 49.2 Å². The summed E-state index contributed by atoms with van der Waals surface area (Å²) in [5.41, 5.74) is 1.94. The maximum atomic E-state index is 9.85. The number of rotatable bonds is 4. The van der Waals surface area contributed by atoms with E-state index in [0.717, 1.165) is 65.4 Å². The van der Waals surface area contributed by atoms with Gasteiger partial charge in [-0.05, 0) is 59.3 Å². The van der Waals surface area contributed by atoms with Crippen LogP contribution in [-0.4, -0.2) is 18.6 Å². The van der Waals surface area contributed by atoms with Crippen molar-refractivity contribution in [2.75, 3.05) is 18.6 Å². The Hall–Kier alpha value is -1.77. The number of nitrogens with zero attached hydrogens (tertiary/aromatic N) is 3. The first-order valence-electron chi connectivity index (χ1n) is 9.59. The fraction of sp³-hybridized carbons (Fsp3) is 0.455. The van der Waals surface area contributed by atoms with E-state index in [4.69, 9.17) is 21.3 Å². The molecule has 2 heterocycles. The quantitative estimate of drug-likeness (QED) is 0.572. The van der Waals surface area contributed by atoms with Crippen LogP contribution in [0, 0.1) is 16.7 Å². The number of anilines is 1. The van der Waals surface area contributed by atoms with E-state index >= 15 is 0 Å². The van der Waals surface area contributed by atoms with Crippen LogP contribution in [0.25, 0.3) is 0 Å². The fourth-order valence-corrected chi connectivity index (χ4v) is 5.53. The number of fused-ring (bicyclic) bond motifs is 2. The number of aromatic nitrogens is 1. The van der Waals surface area contributed by atoms with E-state index in [-0.39, 0.29) is 10.8 Å². The molecule has 1 aliphatic heterocycles. The summed E-state index contributed by atoms with van der Waals surface area (Å²) in [4.78, 5) is 7.05. The minimum Gasteiger partial charge on any atom is -0.497 e. The highest BCUT2D eigenvalue weighted by Crippen LogP contribution is 2.59. The Morgan fingerprint density at radius 2 is 2.07 bits per heavy atom. The number of benzene rings is 1. The molecule has 2 atom stereocenters. The molecule has 1 aliphatic carbocycles. The zero-order valence-electron chi connectivity index (χ0n) is 16.1. The maximum Gasteiger partial charge on any atom is 0.134 e. The number of nitriles is 1. The first-order chi connectivity index (χ1) is 13.5. The van der Waals surface area contributed by atoms with Crippen molar-refractivity contribution in [1.82, 2.24) is 4.98 Å². The minimum absolute atomic E-state index is 0.110. The van der Waals surface area contributed by atoms with Gasteiger partial charge in [-0.1, -0.05) is 30.7 Å². The van der Waals surface area contributed by atoms with Crippen LogP contribution in [0.4, 0.5) is 5.82 Å². The number of halogens is 2. The van der Waals surface area contributed by atoms with Crippen LogP contribution in [0.3, 0.4) is 0 Å². The third-order valence-electron chi connectivity index (χ3n) is 6.48. The van der Waals surface area contributed by atoms with Crippen molar-refractivity contribution >= 4 is 33.3 Å². The van der Waals surface area contributed by atoms with Gasteiger partial charge in [0.15, 0.2) is 0 Å².